The Balaban J connectivity index is 1.61. The van der Waals surface area contributed by atoms with Gasteiger partial charge in [0.05, 0.1) is 6.54 Å². The highest BCUT2D eigenvalue weighted by Crippen LogP contribution is 2.16. The molecule has 1 aliphatic rings. The van der Waals surface area contributed by atoms with Crippen LogP contribution in [-0.4, -0.2) is 25.0 Å². The first kappa shape index (κ1) is 16.3. The van der Waals surface area contributed by atoms with Crippen LogP contribution in [0.2, 0.25) is 5.02 Å². The van der Waals surface area contributed by atoms with Gasteiger partial charge in [0.1, 0.15) is 0 Å². The Hall–Kier alpha value is -1.06. The lowest BCUT2D eigenvalue weighted by Crippen LogP contribution is -2.39. The highest BCUT2D eigenvalue weighted by Gasteiger charge is 2.12. The van der Waals surface area contributed by atoms with Crippen LogP contribution in [0.1, 0.15) is 44.1 Å². The van der Waals surface area contributed by atoms with Gasteiger partial charge in [-0.15, -0.1) is 0 Å². The normalized spacial score (nSPS) is 16.4. The third-order valence-electron chi connectivity index (χ3n) is 4.03. The number of hydrogen-bond donors (Lipinski definition) is 2. The highest BCUT2D eigenvalue weighted by atomic mass is 35.5. The van der Waals surface area contributed by atoms with Gasteiger partial charge in [-0.25, -0.2) is 0 Å². The van der Waals surface area contributed by atoms with Crippen LogP contribution >= 0.6 is 11.6 Å². The molecule has 0 unspecified atom stereocenters. The van der Waals surface area contributed by atoms with Crippen LogP contribution in [0.5, 0.6) is 0 Å². The van der Waals surface area contributed by atoms with Crippen molar-refractivity contribution in [2.75, 3.05) is 13.1 Å². The molecule has 2 rings (SSSR count). The molecule has 3 nitrogen and oxygen atoms in total. The lowest BCUT2D eigenvalue weighted by atomic mass is 10.1. The van der Waals surface area contributed by atoms with Crippen molar-refractivity contribution in [2.24, 2.45) is 0 Å². The third-order valence-corrected chi connectivity index (χ3v) is 4.27. The maximum atomic E-state index is 11.8. The van der Waals surface area contributed by atoms with Crippen molar-refractivity contribution < 1.29 is 4.79 Å². The van der Waals surface area contributed by atoms with Gasteiger partial charge in [0.2, 0.25) is 5.91 Å². The van der Waals surface area contributed by atoms with E-state index in [9.17, 15) is 4.79 Å². The number of carbonyl (C=O) groups is 1. The first-order valence-corrected chi connectivity index (χ1v) is 8.36. The first-order chi connectivity index (χ1) is 10.2. The molecule has 1 aliphatic carbocycles. The molecule has 4 heteroatoms. The zero-order valence-electron chi connectivity index (χ0n) is 12.5. The van der Waals surface area contributed by atoms with Crippen molar-refractivity contribution in [1.29, 1.82) is 0 Å². The fourth-order valence-corrected chi connectivity index (χ4v) is 3.03. The van der Waals surface area contributed by atoms with Crippen LogP contribution in [0.25, 0.3) is 0 Å². The minimum Gasteiger partial charge on any atom is -0.355 e. The summed E-state index contributed by atoms with van der Waals surface area (Å²) >= 11 is 5.94. The van der Waals surface area contributed by atoms with Crippen molar-refractivity contribution in [3.05, 3.63) is 34.9 Å². The summed E-state index contributed by atoms with van der Waals surface area (Å²) in [5.74, 6) is 0.0845. The van der Waals surface area contributed by atoms with Crippen LogP contribution in [0.15, 0.2) is 24.3 Å². The van der Waals surface area contributed by atoms with Crippen molar-refractivity contribution in [1.82, 2.24) is 10.6 Å². The van der Waals surface area contributed by atoms with Crippen LogP contribution < -0.4 is 10.6 Å². The Morgan fingerprint density at radius 3 is 2.67 bits per heavy atom. The zero-order valence-corrected chi connectivity index (χ0v) is 13.3. The number of hydrogen-bond acceptors (Lipinski definition) is 2. The van der Waals surface area contributed by atoms with E-state index >= 15 is 0 Å². The van der Waals surface area contributed by atoms with Gasteiger partial charge in [-0.2, -0.15) is 0 Å². The van der Waals surface area contributed by atoms with Gasteiger partial charge in [0, 0.05) is 17.6 Å². The van der Waals surface area contributed by atoms with E-state index in [0.717, 1.165) is 17.0 Å². The van der Waals surface area contributed by atoms with Gasteiger partial charge >= 0.3 is 0 Å². The predicted molar refractivity (Wildman–Crippen MR) is 87.7 cm³/mol. The molecule has 1 amide bonds. The fourth-order valence-electron chi connectivity index (χ4n) is 2.82. The summed E-state index contributed by atoms with van der Waals surface area (Å²) in [5, 5.41) is 7.09. The SMILES string of the molecule is O=C(CNC1CCCCCC1)NCCc1cccc(Cl)c1. The maximum absolute atomic E-state index is 11.8. The molecule has 0 heterocycles. The molecule has 0 bridgehead atoms. The summed E-state index contributed by atoms with van der Waals surface area (Å²) in [5.41, 5.74) is 1.15. The summed E-state index contributed by atoms with van der Waals surface area (Å²) in [7, 11) is 0. The van der Waals surface area contributed by atoms with Gasteiger partial charge in [-0.3, -0.25) is 4.79 Å². The van der Waals surface area contributed by atoms with E-state index in [-0.39, 0.29) is 5.91 Å². The number of halogens is 1. The monoisotopic (exact) mass is 308 g/mol. The van der Waals surface area contributed by atoms with E-state index in [0.29, 0.717) is 19.1 Å². The molecule has 0 saturated heterocycles. The molecule has 0 spiro atoms. The van der Waals surface area contributed by atoms with Gasteiger partial charge < -0.3 is 10.6 Å². The minimum absolute atomic E-state index is 0.0845. The van der Waals surface area contributed by atoms with Crippen molar-refractivity contribution in [3.8, 4) is 0 Å². The van der Waals surface area contributed by atoms with Crippen LogP contribution in [-0.2, 0) is 11.2 Å². The largest absolute Gasteiger partial charge is 0.355 e. The molecular weight excluding hydrogens is 284 g/mol. The lowest BCUT2D eigenvalue weighted by molar-refractivity contribution is -0.120. The molecule has 2 N–H and O–H groups in total. The Kier molecular flexibility index (Phi) is 7.04. The van der Waals surface area contributed by atoms with E-state index in [1.165, 1.54) is 38.5 Å². The smallest absolute Gasteiger partial charge is 0.233 e. The average molecular weight is 309 g/mol. The number of carbonyl (C=O) groups excluding carboxylic acids is 1. The van der Waals surface area contributed by atoms with E-state index in [4.69, 9.17) is 11.6 Å². The predicted octanol–water partition coefficient (Wildman–Crippen LogP) is 3.31. The Bertz CT molecular complexity index is 442. The molecule has 116 valence electrons. The molecule has 1 fully saturated rings. The fraction of sp³-hybridized carbons (Fsp3) is 0.588. The van der Waals surface area contributed by atoms with Gasteiger partial charge in [0.25, 0.3) is 0 Å². The van der Waals surface area contributed by atoms with E-state index < -0.39 is 0 Å². The quantitative estimate of drug-likeness (QED) is 0.792. The second-order valence-corrected chi connectivity index (χ2v) is 6.24. The molecule has 21 heavy (non-hydrogen) atoms. The Morgan fingerprint density at radius 2 is 1.95 bits per heavy atom. The average Bonchev–Trinajstić information content (AvgIpc) is 2.74. The molecule has 1 saturated carbocycles. The number of rotatable bonds is 6. The van der Waals surface area contributed by atoms with Crippen molar-refractivity contribution >= 4 is 17.5 Å². The summed E-state index contributed by atoms with van der Waals surface area (Å²) < 4.78 is 0. The van der Waals surface area contributed by atoms with Gasteiger partial charge in [0.15, 0.2) is 0 Å². The molecule has 0 atom stereocenters. The number of amides is 1. The topological polar surface area (TPSA) is 41.1 Å². The Morgan fingerprint density at radius 1 is 1.19 bits per heavy atom. The summed E-state index contributed by atoms with van der Waals surface area (Å²) in [6.07, 6.45) is 8.47. The minimum atomic E-state index is 0.0845. The molecule has 1 aromatic rings. The number of benzene rings is 1. The highest BCUT2D eigenvalue weighted by molar-refractivity contribution is 6.30. The molecule has 1 aromatic carbocycles. The van der Waals surface area contributed by atoms with E-state index in [1.807, 2.05) is 24.3 Å². The summed E-state index contributed by atoms with van der Waals surface area (Å²) in [6.45, 7) is 1.09. The second-order valence-electron chi connectivity index (χ2n) is 5.80. The second kappa shape index (κ2) is 9.06. The van der Waals surface area contributed by atoms with Gasteiger partial charge in [-0.05, 0) is 37.0 Å². The lowest BCUT2D eigenvalue weighted by Gasteiger charge is -2.15. The standard InChI is InChI=1S/C17H25ClN2O/c18-15-7-5-6-14(12-15)10-11-19-17(21)13-20-16-8-3-1-2-4-9-16/h5-7,12,16,20H,1-4,8-11,13H2,(H,19,21). The zero-order chi connectivity index (χ0) is 14.9. The maximum Gasteiger partial charge on any atom is 0.233 e. The summed E-state index contributed by atoms with van der Waals surface area (Å²) in [6, 6.07) is 8.29. The van der Waals surface area contributed by atoms with Crippen LogP contribution in [0, 0.1) is 0 Å². The molecule has 0 aromatic heterocycles. The van der Waals surface area contributed by atoms with Crippen LogP contribution in [0.3, 0.4) is 0 Å². The van der Waals surface area contributed by atoms with E-state index in [1.54, 1.807) is 0 Å². The molecule has 0 aliphatic heterocycles. The van der Waals surface area contributed by atoms with E-state index in [2.05, 4.69) is 10.6 Å². The Labute approximate surface area is 132 Å². The molecular formula is C17H25ClN2O. The third kappa shape index (κ3) is 6.49. The number of nitrogens with one attached hydrogen (secondary N) is 2. The van der Waals surface area contributed by atoms with Gasteiger partial charge in [-0.1, -0.05) is 49.4 Å². The first-order valence-electron chi connectivity index (χ1n) is 7.98. The van der Waals surface area contributed by atoms with Crippen LogP contribution in [0.4, 0.5) is 0 Å². The van der Waals surface area contributed by atoms with Crippen molar-refractivity contribution in [3.63, 3.8) is 0 Å². The molecule has 0 radical (unpaired) electrons. The summed E-state index contributed by atoms with van der Waals surface area (Å²) in [4.78, 5) is 11.8. The van der Waals surface area contributed by atoms with Crippen molar-refractivity contribution in [2.45, 2.75) is 51.0 Å².